The highest BCUT2D eigenvalue weighted by atomic mass is 35.5. The van der Waals surface area contributed by atoms with Crippen molar-refractivity contribution < 1.29 is 19.1 Å². The van der Waals surface area contributed by atoms with Gasteiger partial charge in [-0.1, -0.05) is 23.7 Å². The molecule has 0 radical (unpaired) electrons. The second-order valence-electron chi connectivity index (χ2n) is 5.71. The Morgan fingerprint density at radius 2 is 1.96 bits per heavy atom. The summed E-state index contributed by atoms with van der Waals surface area (Å²) in [7, 11) is 1.60. The first-order valence-electron chi connectivity index (χ1n) is 8.21. The van der Waals surface area contributed by atoms with Crippen LogP contribution in [0.1, 0.15) is 11.3 Å². The van der Waals surface area contributed by atoms with Crippen LogP contribution in [0.4, 0.5) is 5.69 Å². The van der Waals surface area contributed by atoms with Gasteiger partial charge >= 0.3 is 0 Å². The molecule has 0 atom stereocenters. The van der Waals surface area contributed by atoms with E-state index in [1.54, 1.807) is 43.5 Å². The number of hydrogen-bond donors (Lipinski definition) is 2. The zero-order valence-corrected chi connectivity index (χ0v) is 15.4. The van der Waals surface area contributed by atoms with Gasteiger partial charge in [0.1, 0.15) is 23.9 Å². The maximum Gasteiger partial charge on any atom is 0.248 e. The average molecular weight is 384 g/mol. The summed E-state index contributed by atoms with van der Waals surface area (Å²) in [5.41, 5.74) is 2.10. The fourth-order valence-corrected chi connectivity index (χ4v) is 2.68. The van der Waals surface area contributed by atoms with Crippen molar-refractivity contribution >= 4 is 29.3 Å². The number of rotatable bonds is 6. The normalized spacial score (nSPS) is 10.9. The van der Waals surface area contributed by atoms with Crippen LogP contribution in [-0.4, -0.2) is 18.1 Å². The lowest BCUT2D eigenvalue weighted by Crippen LogP contribution is -2.07. The largest absolute Gasteiger partial charge is 0.497 e. The number of nitrogens with one attached hydrogen (secondary N) is 1. The molecule has 27 heavy (non-hydrogen) atoms. The van der Waals surface area contributed by atoms with Gasteiger partial charge in [0.2, 0.25) is 5.91 Å². The third kappa shape index (κ3) is 4.78. The van der Waals surface area contributed by atoms with Crippen LogP contribution in [0.25, 0.3) is 17.4 Å². The van der Waals surface area contributed by atoms with Crippen LogP contribution in [0.2, 0.25) is 5.02 Å². The fourth-order valence-electron chi connectivity index (χ4n) is 2.47. The van der Waals surface area contributed by atoms with Gasteiger partial charge in [-0.05, 0) is 54.1 Å². The van der Waals surface area contributed by atoms with Crippen LogP contribution in [0, 0.1) is 0 Å². The van der Waals surface area contributed by atoms with Gasteiger partial charge in [-0.15, -0.1) is 0 Å². The molecule has 138 valence electrons. The zero-order valence-electron chi connectivity index (χ0n) is 14.6. The Labute approximate surface area is 161 Å². The van der Waals surface area contributed by atoms with Crippen molar-refractivity contribution in [3.05, 3.63) is 77.0 Å². The molecular formula is C21H18ClNO4. The minimum Gasteiger partial charge on any atom is -0.497 e. The first kappa shape index (κ1) is 18.8. The van der Waals surface area contributed by atoms with Crippen LogP contribution in [0.3, 0.4) is 0 Å². The molecule has 1 amide bonds. The lowest BCUT2D eigenvalue weighted by molar-refractivity contribution is -0.111. The van der Waals surface area contributed by atoms with E-state index in [1.165, 1.54) is 6.08 Å². The molecule has 3 rings (SSSR count). The van der Waals surface area contributed by atoms with Crippen molar-refractivity contribution in [1.82, 2.24) is 0 Å². The third-order valence-electron chi connectivity index (χ3n) is 3.86. The Hall–Kier alpha value is -3.02. The SMILES string of the molecule is COc1ccc(/C=C/C(=O)Nc2ccc(Cl)c(-c3ccc(CO)o3)c2)cc1. The summed E-state index contributed by atoms with van der Waals surface area (Å²) in [4.78, 5) is 12.2. The van der Waals surface area contributed by atoms with Crippen LogP contribution < -0.4 is 10.1 Å². The molecule has 2 N–H and O–H groups in total. The topological polar surface area (TPSA) is 71.7 Å². The molecule has 0 aliphatic carbocycles. The lowest BCUT2D eigenvalue weighted by atomic mass is 10.1. The van der Waals surface area contributed by atoms with Crippen LogP contribution >= 0.6 is 11.6 Å². The summed E-state index contributed by atoms with van der Waals surface area (Å²) in [6.07, 6.45) is 3.17. The fraction of sp³-hybridized carbons (Fsp3) is 0.0952. The molecule has 0 saturated carbocycles. The van der Waals surface area contributed by atoms with Crippen LogP contribution in [-0.2, 0) is 11.4 Å². The van der Waals surface area contributed by atoms with E-state index in [4.69, 9.17) is 25.9 Å². The molecule has 0 bridgehead atoms. The second kappa shape index (κ2) is 8.58. The quantitative estimate of drug-likeness (QED) is 0.602. The van der Waals surface area contributed by atoms with Gasteiger partial charge in [0.15, 0.2) is 0 Å². The molecule has 5 nitrogen and oxygen atoms in total. The van der Waals surface area contributed by atoms with E-state index in [-0.39, 0.29) is 12.5 Å². The van der Waals surface area contributed by atoms with Gasteiger partial charge in [-0.2, -0.15) is 0 Å². The van der Waals surface area contributed by atoms with E-state index >= 15 is 0 Å². The molecule has 6 heteroatoms. The predicted molar refractivity (Wildman–Crippen MR) is 106 cm³/mol. The number of aliphatic hydroxyl groups excluding tert-OH is 1. The number of ether oxygens (including phenoxy) is 1. The highest BCUT2D eigenvalue weighted by Gasteiger charge is 2.10. The number of amides is 1. The number of aliphatic hydroxyl groups is 1. The number of anilines is 1. The number of hydrogen-bond acceptors (Lipinski definition) is 4. The highest BCUT2D eigenvalue weighted by Crippen LogP contribution is 2.32. The Morgan fingerprint density at radius 1 is 1.19 bits per heavy atom. The van der Waals surface area contributed by atoms with E-state index in [2.05, 4.69) is 5.32 Å². The number of methoxy groups -OCH3 is 1. The van der Waals surface area contributed by atoms with Crippen LogP contribution in [0.15, 0.2) is 65.1 Å². The maximum absolute atomic E-state index is 12.2. The van der Waals surface area contributed by atoms with E-state index in [0.717, 1.165) is 11.3 Å². The molecule has 1 heterocycles. The van der Waals surface area contributed by atoms with Gasteiger partial charge in [-0.25, -0.2) is 0 Å². The minimum absolute atomic E-state index is 0.190. The number of carbonyl (C=O) groups is 1. The van der Waals surface area contributed by atoms with E-state index in [0.29, 0.717) is 27.8 Å². The molecule has 0 spiro atoms. The third-order valence-corrected chi connectivity index (χ3v) is 4.19. The second-order valence-corrected chi connectivity index (χ2v) is 6.12. The summed E-state index contributed by atoms with van der Waals surface area (Å²) in [5, 5.41) is 12.4. The van der Waals surface area contributed by atoms with Crippen molar-refractivity contribution in [3.8, 4) is 17.1 Å². The monoisotopic (exact) mass is 383 g/mol. The van der Waals surface area contributed by atoms with E-state index in [9.17, 15) is 4.79 Å². The van der Waals surface area contributed by atoms with Crippen molar-refractivity contribution in [3.63, 3.8) is 0 Å². The van der Waals surface area contributed by atoms with Crippen molar-refractivity contribution in [2.24, 2.45) is 0 Å². The molecule has 1 aromatic heterocycles. The molecule has 0 saturated heterocycles. The molecule has 2 aromatic carbocycles. The van der Waals surface area contributed by atoms with Gasteiger partial charge in [0.25, 0.3) is 0 Å². The Bertz CT molecular complexity index is 961. The van der Waals surface area contributed by atoms with Crippen molar-refractivity contribution in [2.75, 3.05) is 12.4 Å². The number of benzene rings is 2. The summed E-state index contributed by atoms with van der Waals surface area (Å²) in [5.74, 6) is 1.45. The van der Waals surface area contributed by atoms with Gasteiger partial charge in [0, 0.05) is 17.3 Å². The molecule has 0 aliphatic rings. The lowest BCUT2D eigenvalue weighted by Gasteiger charge is -2.06. The van der Waals surface area contributed by atoms with Gasteiger partial charge < -0.3 is 19.6 Å². The average Bonchev–Trinajstić information content (AvgIpc) is 3.17. The highest BCUT2D eigenvalue weighted by molar-refractivity contribution is 6.33. The summed E-state index contributed by atoms with van der Waals surface area (Å²) < 4.78 is 10.6. The summed E-state index contributed by atoms with van der Waals surface area (Å²) in [6, 6.07) is 15.9. The molecule has 3 aromatic rings. The Morgan fingerprint density at radius 3 is 2.63 bits per heavy atom. The molecule has 0 aliphatic heterocycles. The Balaban J connectivity index is 1.72. The van der Waals surface area contributed by atoms with E-state index in [1.807, 2.05) is 24.3 Å². The molecular weight excluding hydrogens is 366 g/mol. The summed E-state index contributed by atoms with van der Waals surface area (Å²) >= 11 is 6.23. The van der Waals surface area contributed by atoms with Crippen molar-refractivity contribution in [1.29, 1.82) is 0 Å². The summed E-state index contributed by atoms with van der Waals surface area (Å²) in [6.45, 7) is -0.190. The maximum atomic E-state index is 12.2. The number of halogens is 1. The first-order chi connectivity index (χ1) is 13.1. The minimum atomic E-state index is -0.269. The smallest absolute Gasteiger partial charge is 0.248 e. The first-order valence-corrected chi connectivity index (χ1v) is 8.59. The Kier molecular flexibility index (Phi) is 5.96. The van der Waals surface area contributed by atoms with Crippen LogP contribution in [0.5, 0.6) is 5.75 Å². The van der Waals surface area contributed by atoms with Gasteiger partial charge in [-0.3, -0.25) is 4.79 Å². The predicted octanol–water partition coefficient (Wildman–Crippen LogP) is 4.75. The zero-order chi connectivity index (χ0) is 19.2. The van der Waals surface area contributed by atoms with Gasteiger partial charge in [0.05, 0.1) is 12.1 Å². The standard InChI is InChI=1S/C21H18ClNO4/c1-26-16-6-2-14(3-7-16)4-11-21(25)23-15-5-9-19(22)18(12-15)20-10-8-17(13-24)27-20/h2-12,24H,13H2,1H3,(H,23,25)/b11-4+. The molecule has 0 fully saturated rings. The van der Waals surface area contributed by atoms with E-state index < -0.39 is 0 Å². The number of carbonyl (C=O) groups excluding carboxylic acids is 1. The number of furan rings is 1. The van der Waals surface area contributed by atoms with Crippen molar-refractivity contribution in [2.45, 2.75) is 6.61 Å². The molecule has 0 unspecified atom stereocenters.